The summed E-state index contributed by atoms with van der Waals surface area (Å²) in [5.74, 6) is 2.32. The van der Waals surface area contributed by atoms with Crippen LogP contribution in [0.5, 0.6) is 17.2 Å². The summed E-state index contributed by atoms with van der Waals surface area (Å²) in [6, 6.07) is 9.74. The lowest BCUT2D eigenvalue weighted by atomic mass is 10.0. The molecular formula is C28H33N3O4. The van der Waals surface area contributed by atoms with E-state index in [1.54, 1.807) is 0 Å². The molecule has 0 unspecified atom stereocenters. The Balaban J connectivity index is 1.16. The van der Waals surface area contributed by atoms with Gasteiger partial charge in [-0.1, -0.05) is 24.3 Å². The monoisotopic (exact) mass is 475 g/mol. The summed E-state index contributed by atoms with van der Waals surface area (Å²) in [4.78, 5) is 14.1. The van der Waals surface area contributed by atoms with Crippen LogP contribution >= 0.6 is 0 Å². The number of hydrogen-bond donors (Lipinski definition) is 2. The van der Waals surface area contributed by atoms with Crippen LogP contribution in [-0.4, -0.2) is 49.3 Å². The smallest absolute Gasteiger partial charge is 0.224 e. The number of fused-ring (bicyclic) bond motifs is 2. The molecule has 2 aromatic rings. The summed E-state index contributed by atoms with van der Waals surface area (Å²) < 4.78 is 18.6. The van der Waals surface area contributed by atoms with Gasteiger partial charge in [0.25, 0.3) is 0 Å². The lowest BCUT2D eigenvalue weighted by Crippen LogP contribution is -2.46. The Morgan fingerprint density at radius 2 is 2.09 bits per heavy atom. The second-order valence-corrected chi connectivity index (χ2v) is 9.61. The van der Waals surface area contributed by atoms with E-state index in [0.717, 1.165) is 67.2 Å². The van der Waals surface area contributed by atoms with Gasteiger partial charge in [0.2, 0.25) is 5.91 Å². The number of allylic oxidation sites excluding steroid dienone is 2. The Morgan fingerprint density at radius 3 is 2.89 bits per heavy atom. The average molecular weight is 476 g/mol. The van der Waals surface area contributed by atoms with E-state index in [2.05, 4.69) is 22.9 Å². The Morgan fingerprint density at radius 1 is 1.26 bits per heavy atom. The minimum atomic E-state index is -0.0667. The zero-order chi connectivity index (χ0) is 24.4. The van der Waals surface area contributed by atoms with Gasteiger partial charge in [-0.3, -0.25) is 9.69 Å². The highest BCUT2D eigenvalue weighted by atomic mass is 16.6. The highest BCUT2D eigenvalue weighted by Gasteiger charge is 2.28. The third-order valence-electron chi connectivity index (χ3n) is 6.71. The van der Waals surface area contributed by atoms with Crippen LogP contribution in [-0.2, 0) is 11.2 Å². The van der Waals surface area contributed by atoms with Gasteiger partial charge < -0.3 is 25.3 Å². The molecule has 3 aliphatic rings. The van der Waals surface area contributed by atoms with Crippen molar-refractivity contribution in [3.8, 4) is 17.2 Å². The van der Waals surface area contributed by atoms with Gasteiger partial charge in [-0.15, -0.1) is 0 Å². The van der Waals surface area contributed by atoms with Crippen molar-refractivity contribution in [2.75, 3.05) is 37.3 Å². The number of amides is 1. The number of nitrogen functional groups attached to an aromatic ring is 1. The number of rotatable bonds is 6. The molecule has 184 valence electrons. The quantitative estimate of drug-likeness (QED) is 0.475. The fourth-order valence-electron chi connectivity index (χ4n) is 4.82. The maximum Gasteiger partial charge on any atom is 0.224 e. The molecule has 1 amide bonds. The van der Waals surface area contributed by atoms with Crippen LogP contribution in [0.2, 0.25) is 0 Å². The molecular weight excluding hydrogens is 442 g/mol. The fourth-order valence-corrected chi connectivity index (χ4v) is 4.82. The van der Waals surface area contributed by atoms with Gasteiger partial charge in [-0.25, -0.2) is 0 Å². The van der Waals surface area contributed by atoms with Gasteiger partial charge in [0.1, 0.15) is 24.6 Å². The van der Waals surface area contributed by atoms with Crippen molar-refractivity contribution in [1.29, 1.82) is 0 Å². The number of nitrogens with zero attached hydrogens (tertiary/aromatic N) is 1. The van der Waals surface area contributed by atoms with E-state index in [4.69, 9.17) is 19.9 Å². The van der Waals surface area contributed by atoms with Crippen molar-refractivity contribution in [3.63, 3.8) is 0 Å². The standard InChI is InChI=1S/C28H33N3O4/c1-18(2)3-7-23-24(29)8-9-26-28(23)35-22(17-33-26)16-31-13-11-20(12-14-31)34-21-6-4-19-5-10-27(32)30-25(19)15-21/h3-4,6-9,15,20,22H,1,5,10-14,16-17,29H2,2H3,(H,30,32)/b7-3-/t22-/m0/s1. The molecule has 3 aliphatic heterocycles. The summed E-state index contributed by atoms with van der Waals surface area (Å²) in [6.07, 6.45) is 7.18. The zero-order valence-electron chi connectivity index (χ0n) is 20.2. The first kappa shape index (κ1) is 23.3. The predicted molar refractivity (Wildman–Crippen MR) is 138 cm³/mol. The number of benzene rings is 2. The molecule has 0 saturated carbocycles. The van der Waals surface area contributed by atoms with E-state index in [1.807, 2.05) is 43.3 Å². The number of carbonyl (C=O) groups excluding carboxylic acids is 1. The third kappa shape index (κ3) is 5.46. The van der Waals surface area contributed by atoms with E-state index >= 15 is 0 Å². The summed E-state index contributed by atoms with van der Waals surface area (Å²) >= 11 is 0. The molecule has 1 saturated heterocycles. The van der Waals surface area contributed by atoms with Gasteiger partial charge in [0.15, 0.2) is 11.5 Å². The summed E-state index contributed by atoms with van der Waals surface area (Å²) in [6.45, 7) is 9.03. The molecule has 5 rings (SSSR count). The van der Waals surface area contributed by atoms with Crippen LogP contribution in [0.3, 0.4) is 0 Å². The Hall–Kier alpha value is -3.45. The SMILES string of the molecule is C=C(C)/C=C\c1c(N)ccc2c1O[C@@H](CN1CCC(Oc3ccc4c(c3)NC(=O)CC4)CC1)CO2. The van der Waals surface area contributed by atoms with Crippen molar-refractivity contribution < 1.29 is 19.0 Å². The molecule has 0 aromatic heterocycles. The molecule has 0 spiro atoms. The summed E-state index contributed by atoms with van der Waals surface area (Å²) in [7, 11) is 0. The van der Waals surface area contributed by atoms with Crippen LogP contribution in [0.4, 0.5) is 11.4 Å². The molecule has 0 aliphatic carbocycles. The number of nitrogens with two attached hydrogens (primary N) is 1. The maximum atomic E-state index is 11.7. The van der Waals surface area contributed by atoms with Gasteiger partial charge in [-0.05, 0) is 56.0 Å². The topological polar surface area (TPSA) is 86.0 Å². The van der Waals surface area contributed by atoms with E-state index in [1.165, 1.54) is 5.56 Å². The second kappa shape index (κ2) is 10.0. The molecule has 0 radical (unpaired) electrons. The number of aryl methyl sites for hydroxylation is 1. The normalized spacial score (nSPS) is 20.4. The Bertz CT molecular complexity index is 1150. The van der Waals surface area contributed by atoms with E-state index < -0.39 is 0 Å². The molecule has 1 atom stereocenters. The number of piperidine rings is 1. The van der Waals surface area contributed by atoms with Crippen LogP contribution in [0, 0.1) is 0 Å². The van der Waals surface area contributed by atoms with Crippen LogP contribution < -0.4 is 25.3 Å². The number of ether oxygens (including phenoxy) is 3. The molecule has 7 heteroatoms. The molecule has 3 heterocycles. The third-order valence-corrected chi connectivity index (χ3v) is 6.71. The number of carbonyl (C=O) groups is 1. The predicted octanol–water partition coefficient (Wildman–Crippen LogP) is 4.43. The van der Waals surface area contributed by atoms with Crippen molar-refractivity contribution >= 4 is 23.4 Å². The lowest BCUT2D eigenvalue weighted by molar-refractivity contribution is -0.116. The zero-order valence-corrected chi connectivity index (χ0v) is 20.2. The van der Waals surface area contributed by atoms with Gasteiger partial charge >= 0.3 is 0 Å². The molecule has 3 N–H and O–H groups in total. The van der Waals surface area contributed by atoms with Crippen molar-refractivity contribution in [2.45, 2.75) is 44.8 Å². The average Bonchev–Trinajstić information content (AvgIpc) is 2.84. The number of anilines is 2. The van der Waals surface area contributed by atoms with Crippen molar-refractivity contribution in [1.82, 2.24) is 4.90 Å². The minimum absolute atomic E-state index is 0.0667. The first-order valence-corrected chi connectivity index (χ1v) is 12.3. The highest BCUT2D eigenvalue weighted by Crippen LogP contribution is 2.39. The van der Waals surface area contributed by atoms with E-state index in [-0.39, 0.29) is 18.1 Å². The largest absolute Gasteiger partial charge is 0.490 e. The van der Waals surface area contributed by atoms with Gasteiger partial charge in [-0.2, -0.15) is 0 Å². The number of nitrogens with one attached hydrogen (secondary N) is 1. The first-order valence-electron chi connectivity index (χ1n) is 12.3. The lowest BCUT2D eigenvalue weighted by Gasteiger charge is -2.36. The van der Waals surface area contributed by atoms with Gasteiger partial charge in [0, 0.05) is 49.1 Å². The van der Waals surface area contributed by atoms with Gasteiger partial charge in [0.05, 0.1) is 0 Å². The number of hydrogen-bond acceptors (Lipinski definition) is 6. The van der Waals surface area contributed by atoms with Crippen molar-refractivity contribution in [3.05, 3.63) is 59.7 Å². The maximum absolute atomic E-state index is 11.7. The first-order chi connectivity index (χ1) is 16.9. The Kier molecular flexibility index (Phi) is 6.68. The van der Waals surface area contributed by atoms with E-state index in [9.17, 15) is 4.79 Å². The minimum Gasteiger partial charge on any atom is -0.490 e. The summed E-state index contributed by atoms with van der Waals surface area (Å²) in [5.41, 5.74) is 10.7. The number of likely N-dealkylation sites (tertiary alicyclic amines) is 1. The van der Waals surface area contributed by atoms with Crippen LogP contribution in [0.15, 0.2) is 48.6 Å². The molecule has 7 nitrogen and oxygen atoms in total. The molecule has 2 aromatic carbocycles. The fraction of sp³-hybridized carbons (Fsp3) is 0.393. The highest BCUT2D eigenvalue weighted by molar-refractivity contribution is 5.94. The molecule has 35 heavy (non-hydrogen) atoms. The second-order valence-electron chi connectivity index (χ2n) is 9.61. The van der Waals surface area contributed by atoms with Crippen LogP contribution in [0.25, 0.3) is 6.08 Å². The Labute approximate surface area is 206 Å². The van der Waals surface area contributed by atoms with E-state index in [0.29, 0.717) is 24.5 Å². The van der Waals surface area contributed by atoms with Crippen molar-refractivity contribution in [2.24, 2.45) is 0 Å². The molecule has 1 fully saturated rings. The summed E-state index contributed by atoms with van der Waals surface area (Å²) in [5, 5.41) is 2.95. The van der Waals surface area contributed by atoms with Crippen LogP contribution in [0.1, 0.15) is 37.3 Å². The molecule has 0 bridgehead atoms.